The smallest absolute Gasteiger partial charge is 0.160 e. The molecule has 1 aliphatic carbocycles. The summed E-state index contributed by atoms with van der Waals surface area (Å²) in [5.74, 6) is 1.54. The molecule has 2 aromatic rings. The Kier molecular flexibility index (Phi) is 4.36. The standard InChI is InChI=1S/C17H20BrN3/c1-11-3-5-14(15(18)7-11)17-20-10-13-8-12(9-19-2)4-6-16(13)21-17/h3,5,7,10,12,19H,4,6,8-9H2,1-2H3. The molecule has 1 heterocycles. The zero-order valence-corrected chi connectivity index (χ0v) is 14.1. The highest BCUT2D eigenvalue weighted by Crippen LogP contribution is 2.29. The molecule has 0 fully saturated rings. The average molecular weight is 346 g/mol. The van der Waals surface area contributed by atoms with Gasteiger partial charge >= 0.3 is 0 Å². The Labute approximate surface area is 134 Å². The van der Waals surface area contributed by atoms with Crippen molar-refractivity contribution in [3.05, 3.63) is 45.7 Å². The first-order chi connectivity index (χ1) is 10.2. The van der Waals surface area contributed by atoms with E-state index in [1.807, 2.05) is 13.2 Å². The van der Waals surface area contributed by atoms with Crippen molar-refractivity contribution in [2.75, 3.05) is 13.6 Å². The van der Waals surface area contributed by atoms with Crippen LogP contribution in [-0.2, 0) is 12.8 Å². The lowest BCUT2D eigenvalue weighted by Crippen LogP contribution is -2.25. The number of hydrogen-bond donors (Lipinski definition) is 1. The highest BCUT2D eigenvalue weighted by atomic mass is 79.9. The van der Waals surface area contributed by atoms with Gasteiger partial charge in [-0.3, -0.25) is 0 Å². The largest absolute Gasteiger partial charge is 0.319 e. The highest BCUT2D eigenvalue weighted by Gasteiger charge is 2.20. The molecule has 3 nitrogen and oxygen atoms in total. The van der Waals surface area contributed by atoms with Crippen molar-refractivity contribution in [1.82, 2.24) is 15.3 Å². The number of fused-ring (bicyclic) bond motifs is 1. The minimum absolute atomic E-state index is 0.711. The van der Waals surface area contributed by atoms with Crippen LogP contribution in [0.2, 0.25) is 0 Å². The molecule has 1 atom stereocenters. The molecule has 3 rings (SSSR count). The zero-order valence-electron chi connectivity index (χ0n) is 12.5. The fourth-order valence-corrected chi connectivity index (χ4v) is 3.65. The lowest BCUT2D eigenvalue weighted by atomic mass is 9.87. The van der Waals surface area contributed by atoms with Gasteiger partial charge in [0.05, 0.1) is 0 Å². The summed E-state index contributed by atoms with van der Waals surface area (Å²) in [4.78, 5) is 9.39. The Balaban J connectivity index is 1.90. The van der Waals surface area contributed by atoms with Gasteiger partial charge in [-0.25, -0.2) is 9.97 Å². The molecule has 1 aromatic heterocycles. The Morgan fingerprint density at radius 3 is 3.00 bits per heavy atom. The monoisotopic (exact) mass is 345 g/mol. The van der Waals surface area contributed by atoms with E-state index in [0.717, 1.165) is 35.2 Å². The molecule has 0 saturated heterocycles. The molecule has 1 N–H and O–H groups in total. The third kappa shape index (κ3) is 3.16. The van der Waals surface area contributed by atoms with Gasteiger partial charge in [-0.1, -0.05) is 22.0 Å². The van der Waals surface area contributed by atoms with Gasteiger partial charge in [0.15, 0.2) is 5.82 Å². The maximum Gasteiger partial charge on any atom is 0.160 e. The minimum Gasteiger partial charge on any atom is -0.319 e. The second kappa shape index (κ2) is 6.24. The van der Waals surface area contributed by atoms with Crippen LogP contribution in [0.3, 0.4) is 0 Å². The van der Waals surface area contributed by atoms with Crippen LogP contribution in [0.4, 0.5) is 0 Å². The van der Waals surface area contributed by atoms with E-state index in [9.17, 15) is 0 Å². The van der Waals surface area contributed by atoms with Crippen LogP contribution in [0, 0.1) is 12.8 Å². The minimum atomic E-state index is 0.711. The summed E-state index contributed by atoms with van der Waals surface area (Å²) in [7, 11) is 2.02. The molecule has 0 radical (unpaired) electrons. The van der Waals surface area contributed by atoms with Crippen molar-refractivity contribution in [1.29, 1.82) is 0 Å². The van der Waals surface area contributed by atoms with Crippen LogP contribution in [0.15, 0.2) is 28.9 Å². The van der Waals surface area contributed by atoms with Crippen molar-refractivity contribution in [3.8, 4) is 11.4 Å². The van der Waals surface area contributed by atoms with Crippen LogP contribution >= 0.6 is 15.9 Å². The Bertz CT molecular complexity index is 654. The number of hydrogen-bond acceptors (Lipinski definition) is 3. The molecule has 0 aliphatic heterocycles. The second-order valence-electron chi connectivity index (χ2n) is 5.82. The van der Waals surface area contributed by atoms with E-state index in [1.54, 1.807) is 0 Å². The lowest BCUT2D eigenvalue weighted by molar-refractivity contribution is 0.434. The third-order valence-electron chi connectivity index (χ3n) is 4.11. The number of rotatable bonds is 3. The highest BCUT2D eigenvalue weighted by molar-refractivity contribution is 9.10. The van der Waals surface area contributed by atoms with E-state index in [4.69, 9.17) is 4.98 Å². The molecule has 0 bridgehead atoms. The van der Waals surface area contributed by atoms with Gasteiger partial charge in [0.1, 0.15) is 0 Å². The number of halogens is 1. The molecule has 1 aromatic carbocycles. The van der Waals surface area contributed by atoms with Crippen LogP contribution in [0.25, 0.3) is 11.4 Å². The predicted molar refractivity (Wildman–Crippen MR) is 89.3 cm³/mol. The van der Waals surface area contributed by atoms with E-state index < -0.39 is 0 Å². The van der Waals surface area contributed by atoms with Crippen molar-refractivity contribution in [3.63, 3.8) is 0 Å². The summed E-state index contributed by atoms with van der Waals surface area (Å²) in [6.07, 6.45) is 5.37. The normalized spacial score (nSPS) is 17.6. The fourth-order valence-electron chi connectivity index (χ4n) is 2.98. The van der Waals surface area contributed by atoms with Crippen LogP contribution < -0.4 is 5.32 Å². The number of benzene rings is 1. The third-order valence-corrected chi connectivity index (χ3v) is 4.77. The van der Waals surface area contributed by atoms with Crippen molar-refractivity contribution in [2.24, 2.45) is 5.92 Å². The van der Waals surface area contributed by atoms with Crippen molar-refractivity contribution >= 4 is 15.9 Å². The molecule has 0 spiro atoms. The van der Waals surface area contributed by atoms with Gasteiger partial charge in [-0.05, 0) is 69.0 Å². The maximum absolute atomic E-state index is 4.81. The van der Waals surface area contributed by atoms with Crippen LogP contribution in [0.1, 0.15) is 23.2 Å². The second-order valence-corrected chi connectivity index (χ2v) is 6.67. The van der Waals surface area contributed by atoms with E-state index in [-0.39, 0.29) is 0 Å². The molecular formula is C17H20BrN3. The molecule has 1 unspecified atom stereocenters. The van der Waals surface area contributed by atoms with Gasteiger partial charge in [0.25, 0.3) is 0 Å². The summed E-state index contributed by atoms with van der Waals surface area (Å²) in [5, 5.41) is 3.27. The molecule has 0 saturated carbocycles. The van der Waals surface area contributed by atoms with Crippen molar-refractivity contribution in [2.45, 2.75) is 26.2 Å². The molecule has 4 heteroatoms. The first kappa shape index (κ1) is 14.7. The molecular weight excluding hydrogens is 326 g/mol. The number of aromatic nitrogens is 2. The molecule has 110 valence electrons. The predicted octanol–water partition coefficient (Wildman–Crippen LogP) is 3.54. The molecule has 0 amide bonds. The van der Waals surface area contributed by atoms with E-state index in [1.165, 1.54) is 23.2 Å². The van der Waals surface area contributed by atoms with Crippen LogP contribution in [-0.4, -0.2) is 23.6 Å². The summed E-state index contributed by atoms with van der Waals surface area (Å²) in [6, 6.07) is 6.31. The fraction of sp³-hybridized carbons (Fsp3) is 0.412. The van der Waals surface area contributed by atoms with Gasteiger partial charge in [-0.2, -0.15) is 0 Å². The summed E-state index contributed by atoms with van der Waals surface area (Å²) < 4.78 is 1.06. The lowest BCUT2D eigenvalue weighted by Gasteiger charge is -2.23. The van der Waals surface area contributed by atoms with Crippen molar-refractivity contribution < 1.29 is 0 Å². The first-order valence-electron chi connectivity index (χ1n) is 7.43. The summed E-state index contributed by atoms with van der Waals surface area (Å²) in [5.41, 5.74) is 4.84. The van der Waals surface area contributed by atoms with E-state index in [2.05, 4.69) is 51.4 Å². The van der Waals surface area contributed by atoms with Gasteiger partial charge in [0, 0.05) is 21.9 Å². The average Bonchev–Trinajstić information content (AvgIpc) is 2.47. The van der Waals surface area contributed by atoms with Gasteiger partial charge < -0.3 is 5.32 Å². The Morgan fingerprint density at radius 1 is 1.38 bits per heavy atom. The number of nitrogens with zero attached hydrogens (tertiary/aromatic N) is 2. The van der Waals surface area contributed by atoms with E-state index >= 15 is 0 Å². The SMILES string of the molecule is CNCC1CCc2nc(-c3ccc(C)cc3Br)ncc2C1. The zero-order chi connectivity index (χ0) is 14.8. The van der Waals surface area contributed by atoms with Gasteiger partial charge in [0.2, 0.25) is 0 Å². The Morgan fingerprint density at radius 2 is 2.24 bits per heavy atom. The first-order valence-corrected chi connectivity index (χ1v) is 8.22. The van der Waals surface area contributed by atoms with E-state index in [0.29, 0.717) is 5.92 Å². The molecule has 1 aliphatic rings. The quantitative estimate of drug-likeness (QED) is 0.924. The summed E-state index contributed by atoms with van der Waals surface area (Å²) in [6.45, 7) is 3.16. The number of nitrogens with one attached hydrogen (secondary N) is 1. The molecule has 21 heavy (non-hydrogen) atoms. The Hall–Kier alpha value is -1.26. The number of aryl methyl sites for hydroxylation is 2. The maximum atomic E-state index is 4.81. The topological polar surface area (TPSA) is 37.8 Å². The van der Waals surface area contributed by atoms with Gasteiger partial charge in [-0.15, -0.1) is 0 Å². The van der Waals surface area contributed by atoms with Crippen LogP contribution in [0.5, 0.6) is 0 Å². The summed E-state index contributed by atoms with van der Waals surface area (Å²) >= 11 is 3.62.